The number of ether oxygens (including phenoxy) is 2. The SMILES string of the molecule is CCOc1ccc([C@H]2/C(=C(\O)c3ccc(OC(C)C)cc3)C(=O)C(=O)N2CCCN(C)C)cc1. The van der Waals surface area contributed by atoms with Crippen molar-refractivity contribution in [3.05, 3.63) is 65.2 Å². The van der Waals surface area contributed by atoms with Crippen LogP contribution in [0.15, 0.2) is 54.1 Å². The Morgan fingerprint density at radius 3 is 2.21 bits per heavy atom. The average Bonchev–Trinajstić information content (AvgIpc) is 3.04. The van der Waals surface area contributed by atoms with Gasteiger partial charge in [0, 0.05) is 12.1 Å². The fraction of sp³-hybridized carbons (Fsp3) is 0.407. The number of hydrogen-bond acceptors (Lipinski definition) is 6. The first kappa shape index (κ1) is 25.3. The molecule has 0 aliphatic carbocycles. The Morgan fingerprint density at radius 2 is 1.65 bits per heavy atom. The number of aliphatic hydroxyl groups excluding tert-OH is 1. The quantitative estimate of drug-likeness (QED) is 0.320. The summed E-state index contributed by atoms with van der Waals surface area (Å²) in [6.45, 7) is 7.49. The zero-order valence-electron chi connectivity index (χ0n) is 20.6. The summed E-state index contributed by atoms with van der Waals surface area (Å²) in [5.41, 5.74) is 1.30. The zero-order valence-corrected chi connectivity index (χ0v) is 20.6. The minimum atomic E-state index is -0.677. The Kier molecular flexibility index (Phi) is 8.34. The first-order valence-corrected chi connectivity index (χ1v) is 11.7. The number of rotatable bonds is 10. The van der Waals surface area contributed by atoms with E-state index in [1.165, 1.54) is 0 Å². The summed E-state index contributed by atoms with van der Waals surface area (Å²) in [7, 11) is 3.93. The smallest absolute Gasteiger partial charge is 0.295 e. The molecule has 7 heteroatoms. The summed E-state index contributed by atoms with van der Waals surface area (Å²) >= 11 is 0. The number of ketones is 1. The molecule has 0 radical (unpaired) electrons. The van der Waals surface area contributed by atoms with E-state index in [9.17, 15) is 14.7 Å². The number of Topliss-reactive ketones (excluding diaryl/α,β-unsaturated/α-hetero) is 1. The second-order valence-corrected chi connectivity index (χ2v) is 8.84. The van der Waals surface area contributed by atoms with Crippen LogP contribution in [0.3, 0.4) is 0 Å². The molecule has 0 spiro atoms. The molecule has 1 fully saturated rings. The molecule has 0 saturated carbocycles. The van der Waals surface area contributed by atoms with Crippen molar-refractivity contribution >= 4 is 17.4 Å². The monoisotopic (exact) mass is 466 g/mol. The summed E-state index contributed by atoms with van der Waals surface area (Å²) < 4.78 is 11.2. The summed E-state index contributed by atoms with van der Waals surface area (Å²) in [4.78, 5) is 29.7. The highest BCUT2D eigenvalue weighted by Gasteiger charge is 2.45. The van der Waals surface area contributed by atoms with Crippen LogP contribution in [0.25, 0.3) is 5.76 Å². The van der Waals surface area contributed by atoms with E-state index < -0.39 is 17.7 Å². The van der Waals surface area contributed by atoms with E-state index in [1.54, 1.807) is 29.2 Å². The van der Waals surface area contributed by atoms with Gasteiger partial charge in [0.25, 0.3) is 11.7 Å². The van der Waals surface area contributed by atoms with Gasteiger partial charge in [-0.1, -0.05) is 12.1 Å². The Labute approximate surface area is 201 Å². The zero-order chi connectivity index (χ0) is 24.8. The van der Waals surface area contributed by atoms with Crippen LogP contribution >= 0.6 is 0 Å². The van der Waals surface area contributed by atoms with Gasteiger partial charge in [-0.05, 0) is 89.8 Å². The van der Waals surface area contributed by atoms with Crippen LogP contribution in [-0.2, 0) is 9.59 Å². The Balaban J connectivity index is 2.02. The number of carbonyl (C=O) groups is 2. The summed E-state index contributed by atoms with van der Waals surface area (Å²) in [5, 5.41) is 11.2. The molecule has 0 aromatic heterocycles. The topological polar surface area (TPSA) is 79.3 Å². The number of aliphatic hydroxyl groups is 1. The molecule has 1 atom stereocenters. The maximum absolute atomic E-state index is 13.1. The standard InChI is InChI=1S/C27H34N2O5/c1-6-33-21-12-8-19(9-13-21)24-23(26(31)27(32)29(24)17-7-16-28(4)5)25(30)20-10-14-22(15-11-20)34-18(2)3/h8-15,18,24,30H,6-7,16-17H2,1-5H3/b25-23+/t24-/m0/s1. The molecule has 0 bridgehead atoms. The van der Waals surface area contributed by atoms with E-state index in [2.05, 4.69) is 0 Å². The van der Waals surface area contributed by atoms with Gasteiger partial charge in [-0.3, -0.25) is 9.59 Å². The van der Waals surface area contributed by atoms with Crippen LogP contribution in [0.2, 0.25) is 0 Å². The van der Waals surface area contributed by atoms with Gasteiger partial charge in [-0.2, -0.15) is 0 Å². The van der Waals surface area contributed by atoms with Gasteiger partial charge in [0.05, 0.1) is 24.3 Å². The predicted molar refractivity (Wildman–Crippen MR) is 132 cm³/mol. The van der Waals surface area contributed by atoms with Gasteiger partial charge in [-0.25, -0.2) is 0 Å². The molecule has 182 valence electrons. The lowest BCUT2D eigenvalue weighted by Crippen LogP contribution is -2.32. The minimum absolute atomic E-state index is 0.0200. The molecular weight excluding hydrogens is 432 g/mol. The Morgan fingerprint density at radius 1 is 1.03 bits per heavy atom. The largest absolute Gasteiger partial charge is 0.507 e. The van der Waals surface area contributed by atoms with Gasteiger partial charge in [0.2, 0.25) is 0 Å². The first-order chi connectivity index (χ1) is 16.2. The highest BCUT2D eigenvalue weighted by molar-refractivity contribution is 6.46. The fourth-order valence-corrected chi connectivity index (χ4v) is 4.05. The molecule has 1 saturated heterocycles. The van der Waals surface area contributed by atoms with Crippen molar-refractivity contribution in [1.82, 2.24) is 9.80 Å². The second kappa shape index (κ2) is 11.2. The second-order valence-electron chi connectivity index (χ2n) is 8.84. The van der Waals surface area contributed by atoms with Gasteiger partial charge in [0.15, 0.2) is 0 Å². The third kappa shape index (κ3) is 5.78. The molecule has 0 unspecified atom stereocenters. The fourth-order valence-electron chi connectivity index (χ4n) is 4.05. The third-order valence-corrected chi connectivity index (χ3v) is 5.55. The molecule has 2 aromatic carbocycles. The number of likely N-dealkylation sites (tertiary alicyclic amines) is 1. The van der Waals surface area contributed by atoms with E-state index in [-0.39, 0.29) is 17.4 Å². The molecule has 1 aliphatic rings. The van der Waals surface area contributed by atoms with Crippen LogP contribution in [-0.4, -0.2) is 66.5 Å². The van der Waals surface area contributed by atoms with Gasteiger partial charge >= 0.3 is 0 Å². The van der Waals surface area contributed by atoms with Gasteiger partial charge in [0.1, 0.15) is 17.3 Å². The van der Waals surface area contributed by atoms with Crippen LogP contribution < -0.4 is 9.47 Å². The van der Waals surface area contributed by atoms with E-state index in [4.69, 9.17) is 9.47 Å². The molecular formula is C27H34N2O5. The predicted octanol–water partition coefficient (Wildman–Crippen LogP) is 4.25. The van der Waals surface area contributed by atoms with Crippen LogP contribution in [0.1, 0.15) is 44.4 Å². The van der Waals surface area contributed by atoms with Crippen molar-refractivity contribution in [1.29, 1.82) is 0 Å². The van der Waals surface area contributed by atoms with E-state index in [1.807, 2.05) is 64.0 Å². The molecule has 34 heavy (non-hydrogen) atoms. The highest BCUT2D eigenvalue weighted by Crippen LogP contribution is 2.40. The van der Waals surface area contributed by atoms with Crippen LogP contribution in [0.5, 0.6) is 11.5 Å². The normalized spacial score (nSPS) is 17.6. The van der Waals surface area contributed by atoms with Crippen LogP contribution in [0, 0.1) is 0 Å². The molecule has 1 aliphatic heterocycles. The van der Waals surface area contributed by atoms with E-state index >= 15 is 0 Å². The maximum atomic E-state index is 13.1. The van der Waals surface area contributed by atoms with E-state index in [0.29, 0.717) is 36.6 Å². The van der Waals surface area contributed by atoms with Crippen molar-refractivity contribution in [3.8, 4) is 11.5 Å². The molecule has 1 amide bonds. The lowest BCUT2D eigenvalue weighted by Gasteiger charge is -2.26. The van der Waals surface area contributed by atoms with Gasteiger partial charge in [-0.15, -0.1) is 0 Å². The highest BCUT2D eigenvalue weighted by atomic mass is 16.5. The van der Waals surface area contributed by atoms with Crippen molar-refractivity contribution < 1.29 is 24.2 Å². The third-order valence-electron chi connectivity index (χ3n) is 5.55. The number of hydrogen-bond donors (Lipinski definition) is 1. The Bertz CT molecular complexity index is 1030. The van der Waals surface area contributed by atoms with Crippen molar-refractivity contribution in [2.24, 2.45) is 0 Å². The van der Waals surface area contributed by atoms with Crippen molar-refractivity contribution in [2.45, 2.75) is 39.3 Å². The van der Waals surface area contributed by atoms with E-state index in [0.717, 1.165) is 12.1 Å². The summed E-state index contributed by atoms with van der Waals surface area (Å²) in [6.07, 6.45) is 0.723. The number of nitrogens with zero attached hydrogens (tertiary/aromatic N) is 2. The molecule has 3 rings (SSSR count). The lowest BCUT2D eigenvalue weighted by molar-refractivity contribution is -0.139. The van der Waals surface area contributed by atoms with Crippen LogP contribution in [0.4, 0.5) is 0 Å². The Hall–Kier alpha value is -3.32. The molecule has 7 nitrogen and oxygen atoms in total. The number of carbonyl (C=O) groups excluding carboxylic acids is 2. The summed E-state index contributed by atoms with van der Waals surface area (Å²) in [5.74, 6) is -0.0959. The lowest BCUT2D eigenvalue weighted by atomic mass is 9.95. The number of benzene rings is 2. The first-order valence-electron chi connectivity index (χ1n) is 11.7. The van der Waals surface area contributed by atoms with Gasteiger partial charge < -0.3 is 24.4 Å². The summed E-state index contributed by atoms with van der Waals surface area (Å²) in [6, 6.07) is 13.5. The number of amides is 1. The van der Waals surface area contributed by atoms with Crippen molar-refractivity contribution in [3.63, 3.8) is 0 Å². The molecule has 2 aromatic rings. The molecule has 1 N–H and O–H groups in total. The average molecular weight is 467 g/mol. The molecule has 1 heterocycles. The van der Waals surface area contributed by atoms with Crippen molar-refractivity contribution in [2.75, 3.05) is 33.8 Å². The minimum Gasteiger partial charge on any atom is -0.507 e. The maximum Gasteiger partial charge on any atom is 0.295 e.